The smallest absolute Gasteiger partial charge is 0.232 e. The van der Waals surface area contributed by atoms with Gasteiger partial charge in [-0.15, -0.1) is 0 Å². The lowest BCUT2D eigenvalue weighted by Gasteiger charge is -2.42. The van der Waals surface area contributed by atoms with Gasteiger partial charge in [-0.2, -0.15) is 0 Å². The number of fused-ring (bicyclic) bond motifs is 1. The highest BCUT2D eigenvalue weighted by atomic mass is 16.2. The van der Waals surface area contributed by atoms with Crippen molar-refractivity contribution in [2.45, 2.75) is 57.4 Å². The van der Waals surface area contributed by atoms with Gasteiger partial charge in [0.05, 0.1) is 5.41 Å². The van der Waals surface area contributed by atoms with Crippen LogP contribution in [0.1, 0.15) is 50.7 Å². The number of nitrogens with two attached hydrogens (primary N) is 1. The van der Waals surface area contributed by atoms with Gasteiger partial charge in [0.15, 0.2) is 0 Å². The Bertz CT molecular complexity index is 554. The Morgan fingerprint density at radius 2 is 2.14 bits per heavy atom. The molecule has 22 heavy (non-hydrogen) atoms. The number of benzene rings is 1. The minimum atomic E-state index is -0.353. The first-order chi connectivity index (χ1) is 10.5. The quantitative estimate of drug-likeness (QED) is 0.913. The molecule has 0 aromatic heterocycles. The van der Waals surface area contributed by atoms with Crippen molar-refractivity contribution >= 4 is 5.91 Å². The van der Waals surface area contributed by atoms with E-state index in [4.69, 9.17) is 5.73 Å². The van der Waals surface area contributed by atoms with E-state index in [9.17, 15) is 4.79 Å². The van der Waals surface area contributed by atoms with Crippen LogP contribution in [0, 0.1) is 5.92 Å². The highest BCUT2D eigenvalue weighted by molar-refractivity contribution is 5.88. The summed E-state index contributed by atoms with van der Waals surface area (Å²) in [7, 11) is 0. The molecule has 2 N–H and O–H groups in total. The lowest BCUT2D eigenvalue weighted by molar-refractivity contribution is -0.139. The predicted octanol–water partition coefficient (Wildman–Crippen LogP) is 2.87. The van der Waals surface area contributed by atoms with Crippen molar-refractivity contribution in [3.63, 3.8) is 0 Å². The zero-order valence-corrected chi connectivity index (χ0v) is 13.8. The first-order valence-corrected chi connectivity index (χ1v) is 8.66. The van der Waals surface area contributed by atoms with Crippen LogP contribution in [0.15, 0.2) is 24.3 Å². The van der Waals surface area contributed by atoms with Crippen LogP contribution < -0.4 is 5.73 Å². The van der Waals surface area contributed by atoms with Crippen molar-refractivity contribution in [2.24, 2.45) is 11.7 Å². The molecule has 3 nitrogen and oxygen atoms in total. The number of rotatable bonds is 2. The van der Waals surface area contributed by atoms with Gasteiger partial charge in [-0.3, -0.25) is 4.79 Å². The Morgan fingerprint density at radius 1 is 1.36 bits per heavy atom. The molecule has 1 aromatic carbocycles. The number of amides is 1. The SMILES string of the molecule is CC(N)C1CCCN(C(=O)C2(C)CCCc3ccccc32)C1. The minimum Gasteiger partial charge on any atom is -0.342 e. The minimum absolute atomic E-state index is 0.169. The number of aryl methyl sites for hydroxylation is 1. The summed E-state index contributed by atoms with van der Waals surface area (Å²) in [5.41, 5.74) is 8.32. The molecule has 1 fully saturated rings. The number of hydrogen-bond acceptors (Lipinski definition) is 2. The normalized spacial score (nSPS) is 29.8. The lowest BCUT2D eigenvalue weighted by atomic mass is 9.70. The van der Waals surface area contributed by atoms with Crippen LogP contribution in [0.5, 0.6) is 0 Å². The highest BCUT2D eigenvalue weighted by Gasteiger charge is 2.42. The molecule has 0 bridgehead atoms. The topological polar surface area (TPSA) is 46.3 Å². The summed E-state index contributed by atoms with van der Waals surface area (Å²) in [4.78, 5) is 15.4. The molecule has 0 radical (unpaired) electrons. The summed E-state index contributed by atoms with van der Waals surface area (Å²) in [5, 5.41) is 0. The summed E-state index contributed by atoms with van der Waals surface area (Å²) in [6.07, 6.45) is 5.39. The molecule has 0 saturated carbocycles. The molecule has 1 amide bonds. The third kappa shape index (κ3) is 2.67. The van der Waals surface area contributed by atoms with Crippen LogP contribution in [0.25, 0.3) is 0 Å². The largest absolute Gasteiger partial charge is 0.342 e. The van der Waals surface area contributed by atoms with Crippen LogP contribution in [-0.2, 0) is 16.6 Å². The number of carbonyl (C=O) groups is 1. The Kier molecular flexibility index (Phi) is 4.26. The van der Waals surface area contributed by atoms with E-state index in [1.54, 1.807) is 0 Å². The van der Waals surface area contributed by atoms with Gasteiger partial charge >= 0.3 is 0 Å². The van der Waals surface area contributed by atoms with E-state index < -0.39 is 0 Å². The molecule has 3 heteroatoms. The molecule has 120 valence electrons. The van der Waals surface area contributed by atoms with Gasteiger partial charge < -0.3 is 10.6 Å². The van der Waals surface area contributed by atoms with Crippen molar-refractivity contribution in [1.82, 2.24) is 4.90 Å². The van der Waals surface area contributed by atoms with Crippen LogP contribution in [-0.4, -0.2) is 29.9 Å². The van der Waals surface area contributed by atoms with E-state index in [1.165, 1.54) is 11.1 Å². The maximum absolute atomic E-state index is 13.3. The van der Waals surface area contributed by atoms with Gasteiger partial charge in [0.2, 0.25) is 5.91 Å². The Balaban J connectivity index is 1.85. The van der Waals surface area contributed by atoms with Gasteiger partial charge in [0.1, 0.15) is 0 Å². The van der Waals surface area contributed by atoms with Crippen molar-refractivity contribution in [3.8, 4) is 0 Å². The molecule has 1 heterocycles. The standard InChI is InChI=1S/C19H28N2O/c1-14(20)16-9-6-12-21(13-16)18(22)19(2)11-5-8-15-7-3-4-10-17(15)19/h3-4,7,10,14,16H,5-6,8-9,11-13,20H2,1-2H3. The number of hydrogen-bond donors (Lipinski definition) is 1. The van der Waals surface area contributed by atoms with Gasteiger partial charge in [-0.1, -0.05) is 24.3 Å². The predicted molar refractivity (Wildman–Crippen MR) is 89.7 cm³/mol. The number of nitrogens with zero attached hydrogens (tertiary/aromatic N) is 1. The van der Waals surface area contributed by atoms with E-state index in [0.717, 1.165) is 45.2 Å². The number of piperidine rings is 1. The van der Waals surface area contributed by atoms with E-state index in [0.29, 0.717) is 11.8 Å². The molecule has 3 atom stereocenters. The van der Waals surface area contributed by atoms with Crippen LogP contribution in [0.4, 0.5) is 0 Å². The van der Waals surface area contributed by atoms with E-state index in [-0.39, 0.29) is 11.5 Å². The van der Waals surface area contributed by atoms with Crippen LogP contribution in [0.2, 0.25) is 0 Å². The van der Waals surface area contributed by atoms with Crippen molar-refractivity contribution in [2.75, 3.05) is 13.1 Å². The molecule has 3 unspecified atom stereocenters. The van der Waals surface area contributed by atoms with Crippen molar-refractivity contribution < 1.29 is 4.79 Å². The Hall–Kier alpha value is -1.35. The summed E-state index contributed by atoms with van der Waals surface area (Å²) < 4.78 is 0. The van der Waals surface area contributed by atoms with Gasteiger partial charge in [-0.25, -0.2) is 0 Å². The fourth-order valence-corrected chi connectivity index (χ4v) is 4.24. The molecule has 1 aliphatic heterocycles. The lowest BCUT2D eigenvalue weighted by Crippen LogP contribution is -2.52. The highest BCUT2D eigenvalue weighted by Crippen LogP contribution is 2.39. The average molecular weight is 300 g/mol. The first kappa shape index (κ1) is 15.5. The molecule has 1 aliphatic carbocycles. The van der Waals surface area contributed by atoms with Crippen molar-refractivity contribution in [3.05, 3.63) is 35.4 Å². The van der Waals surface area contributed by atoms with E-state index in [2.05, 4.69) is 43.0 Å². The summed E-state index contributed by atoms with van der Waals surface area (Å²) >= 11 is 0. The molecule has 0 spiro atoms. The van der Waals surface area contributed by atoms with Gasteiger partial charge in [0, 0.05) is 19.1 Å². The third-order valence-corrected chi connectivity index (χ3v) is 5.70. The van der Waals surface area contributed by atoms with E-state index in [1.807, 2.05) is 0 Å². The fraction of sp³-hybridized carbons (Fsp3) is 0.632. The number of carbonyl (C=O) groups excluding carboxylic acids is 1. The monoisotopic (exact) mass is 300 g/mol. The second-order valence-electron chi connectivity index (χ2n) is 7.36. The van der Waals surface area contributed by atoms with E-state index >= 15 is 0 Å². The zero-order valence-electron chi connectivity index (χ0n) is 13.8. The van der Waals surface area contributed by atoms with Gasteiger partial charge in [-0.05, 0) is 63.0 Å². The van der Waals surface area contributed by atoms with Crippen LogP contribution >= 0.6 is 0 Å². The molecule has 1 saturated heterocycles. The summed E-state index contributed by atoms with van der Waals surface area (Å²) in [6.45, 7) is 5.92. The third-order valence-electron chi connectivity index (χ3n) is 5.70. The molecular weight excluding hydrogens is 272 g/mol. The maximum atomic E-state index is 13.3. The molecule has 3 rings (SSSR count). The van der Waals surface area contributed by atoms with Crippen molar-refractivity contribution in [1.29, 1.82) is 0 Å². The summed E-state index contributed by atoms with van der Waals surface area (Å²) in [6, 6.07) is 8.65. The molecule has 2 aliphatic rings. The first-order valence-electron chi connectivity index (χ1n) is 8.66. The Morgan fingerprint density at radius 3 is 2.91 bits per heavy atom. The second kappa shape index (κ2) is 6.04. The number of likely N-dealkylation sites (tertiary alicyclic amines) is 1. The Labute approximate surface area is 133 Å². The van der Waals surface area contributed by atoms with Gasteiger partial charge in [0.25, 0.3) is 0 Å². The summed E-state index contributed by atoms with van der Waals surface area (Å²) in [5.74, 6) is 0.755. The second-order valence-corrected chi connectivity index (χ2v) is 7.36. The maximum Gasteiger partial charge on any atom is 0.232 e. The zero-order chi connectivity index (χ0) is 15.7. The molecular formula is C19H28N2O. The molecule has 1 aromatic rings. The fourth-order valence-electron chi connectivity index (χ4n) is 4.24. The average Bonchev–Trinajstić information content (AvgIpc) is 2.54. The van der Waals surface area contributed by atoms with Crippen LogP contribution in [0.3, 0.4) is 0 Å².